The first-order valence-electron chi connectivity index (χ1n) is 7.44. The van der Waals surface area contributed by atoms with Gasteiger partial charge in [-0.15, -0.1) is 0 Å². The maximum absolute atomic E-state index is 13.1. The summed E-state index contributed by atoms with van der Waals surface area (Å²) >= 11 is 5.94. The number of hydrogen-bond acceptors (Lipinski definition) is 1. The summed E-state index contributed by atoms with van der Waals surface area (Å²) in [5, 5.41) is 4.34. The smallest absolute Gasteiger partial charge is 0.123 e. The van der Waals surface area contributed by atoms with Crippen molar-refractivity contribution in [3.05, 3.63) is 70.5 Å². The maximum atomic E-state index is 13.1. The lowest BCUT2D eigenvalue weighted by Gasteiger charge is -2.18. The first-order chi connectivity index (χ1) is 10.2. The third kappa shape index (κ3) is 4.29. The third-order valence-corrected chi connectivity index (χ3v) is 4.22. The molecule has 0 spiro atoms. The molecule has 0 bridgehead atoms. The van der Waals surface area contributed by atoms with E-state index >= 15 is 0 Å². The molecule has 0 saturated heterocycles. The van der Waals surface area contributed by atoms with Gasteiger partial charge in [0.05, 0.1) is 0 Å². The highest BCUT2D eigenvalue weighted by atomic mass is 35.5. The minimum absolute atomic E-state index is 0.181. The highest BCUT2D eigenvalue weighted by Crippen LogP contribution is 2.25. The minimum atomic E-state index is -0.181. The lowest BCUT2D eigenvalue weighted by Crippen LogP contribution is -2.24. The molecule has 110 valence electrons. The fourth-order valence-corrected chi connectivity index (χ4v) is 2.67. The largest absolute Gasteiger partial charge is 0.313 e. The molecule has 3 heteroatoms. The average Bonchev–Trinajstić information content (AvgIpc) is 3.31. The molecule has 1 nitrogen and oxygen atoms in total. The van der Waals surface area contributed by atoms with Crippen molar-refractivity contribution in [3.8, 4) is 0 Å². The Morgan fingerprint density at radius 3 is 2.33 bits per heavy atom. The molecule has 0 aromatic heterocycles. The van der Waals surface area contributed by atoms with Crippen LogP contribution in [0.3, 0.4) is 0 Å². The number of nitrogens with one attached hydrogen (secondary N) is 1. The van der Waals surface area contributed by atoms with Gasteiger partial charge in [-0.2, -0.15) is 0 Å². The highest BCUT2D eigenvalue weighted by molar-refractivity contribution is 6.30. The van der Waals surface area contributed by atoms with Crippen LogP contribution in [0.5, 0.6) is 0 Å². The quantitative estimate of drug-likeness (QED) is 0.825. The molecule has 1 aliphatic rings. The van der Waals surface area contributed by atoms with Crippen LogP contribution in [-0.2, 0) is 6.42 Å². The minimum Gasteiger partial charge on any atom is -0.313 e. The van der Waals surface area contributed by atoms with Gasteiger partial charge in [0.25, 0.3) is 0 Å². The van der Waals surface area contributed by atoms with Crippen molar-refractivity contribution in [1.82, 2.24) is 5.32 Å². The van der Waals surface area contributed by atoms with Gasteiger partial charge < -0.3 is 5.32 Å². The molecule has 0 radical (unpaired) electrons. The Balaban J connectivity index is 1.73. The normalized spacial score (nSPS) is 15.9. The van der Waals surface area contributed by atoms with Crippen molar-refractivity contribution in [2.75, 3.05) is 6.54 Å². The molecular weight excluding hydrogens is 285 g/mol. The van der Waals surface area contributed by atoms with Crippen LogP contribution < -0.4 is 5.32 Å². The summed E-state index contributed by atoms with van der Waals surface area (Å²) < 4.78 is 13.1. The van der Waals surface area contributed by atoms with E-state index in [9.17, 15) is 4.39 Å². The lowest BCUT2D eigenvalue weighted by atomic mass is 9.92. The van der Waals surface area contributed by atoms with Crippen molar-refractivity contribution in [3.63, 3.8) is 0 Å². The van der Waals surface area contributed by atoms with Gasteiger partial charge in [0.1, 0.15) is 5.82 Å². The zero-order chi connectivity index (χ0) is 14.7. The molecule has 1 N–H and O–H groups in total. The van der Waals surface area contributed by atoms with Crippen molar-refractivity contribution in [2.24, 2.45) is 0 Å². The predicted molar refractivity (Wildman–Crippen MR) is 85.3 cm³/mol. The topological polar surface area (TPSA) is 12.0 Å². The van der Waals surface area contributed by atoms with Crippen LogP contribution in [0.25, 0.3) is 0 Å². The molecule has 0 heterocycles. The molecule has 2 aromatic carbocycles. The van der Waals surface area contributed by atoms with E-state index in [4.69, 9.17) is 11.6 Å². The van der Waals surface area contributed by atoms with E-state index < -0.39 is 0 Å². The van der Waals surface area contributed by atoms with Gasteiger partial charge in [-0.3, -0.25) is 0 Å². The predicted octanol–water partition coefficient (Wildman–Crippen LogP) is 4.56. The van der Waals surface area contributed by atoms with E-state index in [1.165, 1.54) is 24.0 Å². The Bertz CT molecular complexity index is 575. The van der Waals surface area contributed by atoms with Crippen molar-refractivity contribution < 1.29 is 4.39 Å². The van der Waals surface area contributed by atoms with E-state index in [0.29, 0.717) is 12.0 Å². The Labute approximate surface area is 130 Å². The summed E-state index contributed by atoms with van der Waals surface area (Å²) in [5.74, 6) is 0.173. The second-order valence-corrected chi connectivity index (χ2v) is 6.20. The van der Waals surface area contributed by atoms with Gasteiger partial charge in [0.15, 0.2) is 0 Å². The SMILES string of the molecule is Fc1ccc(C(CNC2CC2)Cc2ccc(Cl)cc2)cc1. The van der Waals surface area contributed by atoms with Crippen LogP contribution in [0.15, 0.2) is 48.5 Å². The Kier molecular flexibility index (Phi) is 4.57. The van der Waals surface area contributed by atoms with Crippen LogP contribution in [0.2, 0.25) is 5.02 Å². The number of benzene rings is 2. The summed E-state index contributed by atoms with van der Waals surface area (Å²) in [6, 6.07) is 15.5. The van der Waals surface area contributed by atoms with E-state index in [0.717, 1.165) is 18.0 Å². The number of halogens is 2. The summed E-state index contributed by atoms with van der Waals surface area (Å²) in [6.07, 6.45) is 3.48. The lowest BCUT2D eigenvalue weighted by molar-refractivity contribution is 0.574. The van der Waals surface area contributed by atoms with Gasteiger partial charge in [0.2, 0.25) is 0 Å². The third-order valence-electron chi connectivity index (χ3n) is 3.97. The molecule has 21 heavy (non-hydrogen) atoms. The average molecular weight is 304 g/mol. The van der Waals surface area contributed by atoms with Crippen molar-refractivity contribution in [1.29, 1.82) is 0 Å². The maximum Gasteiger partial charge on any atom is 0.123 e. The Morgan fingerprint density at radius 2 is 1.71 bits per heavy atom. The zero-order valence-corrected chi connectivity index (χ0v) is 12.6. The molecule has 1 unspecified atom stereocenters. The molecule has 2 aromatic rings. The molecule has 0 amide bonds. The van der Waals surface area contributed by atoms with Crippen molar-refractivity contribution in [2.45, 2.75) is 31.2 Å². The summed E-state index contributed by atoms with van der Waals surface area (Å²) in [5.41, 5.74) is 2.44. The second kappa shape index (κ2) is 6.59. The van der Waals surface area contributed by atoms with Crippen molar-refractivity contribution >= 4 is 11.6 Å². The molecule has 1 atom stereocenters. The van der Waals surface area contributed by atoms with Crippen LogP contribution in [-0.4, -0.2) is 12.6 Å². The summed E-state index contributed by atoms with van der Waals surface area (Å²) in [4.78, 5) is 0. The zero-order valence-electron chi connectivity index (χ0n) is 11.9. The van der Waals surface area contributed by atoms with Gasteiger partial charge in [-0.25, -0.2) is 4.39 Å². The van der Waals surface area contributed by atoms with Crippen LogP contribution in [0.1, 0.15) is 29.9 Å². The molecule has 1 saturated carbocycles. The monoisotopic (exact) mass is 303 g/mol. The standard InChI is InChI=1S/C18H19ClFN/c19-16-5-1-13(2-6-16)11-15(12-21-18-9-10-18)14-3-7-17(20)8-4-14/h1-8,15,18,21H,9-12H2. The summed E-state index contributed by atoms with van der Waals surface area (Å²) in [7, 11) is 0. The summed E-state index contributed by atoms with van der Waals surface area (Å²) in [6.45, 7) is 0.929. The van der Waals surface area contributed by atoms with E-state index in [1.807, 2.05) is 24.3 Å². The van der Waals surface area contributed by atoms with E-state index in [1.54, 1.807) is 12.1 Å². The number of hydrogen-bond donors (Lipinski definition) is 1. The first-order valence-corrected chi connectivity index (χ1v) is 7.82. The second-order valence-electron chi connectivity index (χ2n) is 5.76. The van der Waals surface area contributed by atoms with Gasteiger partial charge in [-0.05, 0) is 54.7 Å². The fourth-order valence-electron chi connectivity index (χ4n) is 2.54. The van der Waals surface area contributed by atoms with E-state index in [2.05, 4.69) is 17.4 Å². The van der Waals surface area contributed by atoms with E-state index in [-0.39, 0.29) is 5.82 Å². The Hall–Kier alpha value is -1.38. The highest BCUT2D eigenvalue weighted by Gasteiger charge is 2.22. The Morgan fingerprint density at radius 1 is 1.05 bits per heavy atom. The van der Waals surface area contributed by atoms with Gasteiger partial charge in [0, 0.05) is 23.5 Å². The molecule has 1 aliphatic carbocycles. The van der Waals surface area contributed by atoms with Gasteiger partial charge >= 0.3 is 0 Å². The molecule has 0 aliphatic heterocycles. The fraction of sp³-hybridized carbons (Fsp3) is 0.333. The number of rotatable bonds is 6. The first kappa shape index (κ1) is 14.6. The van der Waals surface area contributed by atoms with Gasteiger partial charge in [-0.1, -0.05) is 35.9 Å². The van der Waals surface area contributed by atoms with Crippen LogP contribution >= 0.6 is 11.6 Å². The van der Waals surface area contributed by atoms with Crippen LogP contribution in [0, 0.1) is 5.82 Å². The molecule has 1 fully saturated rings. The molecular formula is C18H19ClFN. The molecule has 3 rings (SSSR count). The van der Waals surface area contributed by atoms with Crippen LogP contribution in [0.4, 0.5) is 4.39 Å².